The van der Waals surface area contributed by atoms with E-state index in [2.05, 4.69) is 30.1 Å². The topological polar surface area (TPSA) is 24.5 Å². The van der Waals surface area contributed by atoms with E-state index >= 15 is 0 Å². The number of hydrogen-bond acceptors (Lipinski definition) is 4. The molecule has 2 heterocycles. The fourth-order valence-electron chi connectivity index (χ4n) is 2.28. The molecule has 0 aromatic carbocycles. The standard InChI is InChI=1S/C14H24N2OS/c1-3-15-10-14-9-13(12(2)18-14)11-16-5-4-7-17-8-6-16/h9,15H,3-8,10-11H2,1-2H3. The summed E-state index contributed by atoms with van der Waals surface area (Å²) in [4.78, 5) is 5.43. The second kappa shape index (κ2) is 7.24. The van der Waals surface area contributed by atoms with Crippen molar-refractivity contribution in [3.63, 3.8) is 0 Å². The van der Waals surface area contributed by atoms with E-state index in [0.717, 1.165) is 52.4 Å². The van der Waals surface area contributed by atoms with Gasteiger partial charge < -0.3 is 10.1 Å². The summed E-state index contributed by atoms with van der Waals surface area (Å²) in [6, 6.07) is 2.37. The molecule has 0 spiro atoms. The Morgan fingerprint density at radius 3 is 3.11 bits per heavy atom. The van der Waals surface area contributed by atoms with Gasteiger partial charge in [0.25, 0.3) is 0 Å². The van der Waals surface area contributed by atoms with E-state index in [9.17, 15) is 0 Å². The highest BCUT2D eigenvalue weighted by Gasteiger charge is 2.12. The summed E-state index contributed by atoms with van der Waals surface area (Å²) >= 11 is 1.93. The minimum Gasteiger partial charge on any atom is -0.380 e. The van der Waals surface area contributed by atoms with Crippen molar-refractivity contribution in [3.05, 3.63) is 21.4 Å². The molecule has 0 bridgehead atoms. The number of rotatable bonds is 5. The lowest BCUT2D eigenvalue weighted by Gasteiger charge is -2.18. The molecule has 102 valence electrons. The quantitative estimate of drug-likeness (QED) is 0.887. The molecule has 1 aromatic rings. The van der Waals surface area contributed by atoms with Crippen LogP contribution < -0.4 is 5.32 Å². The maximum absolute atomic E-state index is 5.50. The van der Waals surface area contributed by atoms with Crippen LogP contribution in [-0.4, -0.2) is 37.7 Å². The molecular formula is C14H24N2OS. The van der Waals surface area contributed by atoms with Gasteiger partial charge in [-0.05, 0) is 31.5 Å². The molecule has 0 unspecified atom stereocenters. The molecule has 2 rings (SSSR count). The molecule has 0 aliphatic carbocycles. The van der Waals surface area contributed by atoms with Crippen molar-refractivity contribution >= 4 is 11.3 Å². The molecule has 1 N–H and O–H groups in total. The second-order valence-electron chi connectivity index (χ2n) is 4.82. The first-order valence-corrected chi connectivity index (χ1v) is 7.70. The van der Waals surface area contributed by atoms with Crippen molar-refractivity contribution in [1.29, 1.82) is 0 Å². The second-order valence-corrected chi connectivity index (χ2v) is 6.16. The van der Waals surface area contributed by atoms with Crippen LogP contribution in [0, 0.1) is 6.92 Å². The minimum atomic E-state index is 0.882. The number of hydrogen-bond donors (Lipinski definition) is 1. The number of ether oxygens (including phenoxy) is 1. The van der Waals surface area contributed by atoms with Crippen LogP contribution in [0.1, 0.15) is 28.7 Å². The third-order valence-corrected chi connectivity index (χ3v) is 4.42. The average Bonchev–Trinajstić information content (AvgIpc) is 2.57. The number of nitrogens with zero attached hydrogens (tertiary/aromatic N) is 1. The van der Waals surface area contributed by atoms with Gasteiger partial charge in [-0.2, -0.15) is 0 Å². The summed E-state index contributed by atoms with van der Waals surface area (Å²) in [7, 11) is 0. The van der Waals surface area contributed by atoms with Crippen molar-refractivity contribution < 1.29 is 4.74 Å². The highest BCUT2D eigenvalue weighted by atomic mass is 32.1. The van der Waals surface area contributed by atoms with E-state index in [1.54, 1.807) is 0 Å². The Morgan fingerprint density at radius 1 is 1.39 bits per heavy atom. The maximum atomic E-state index is 5.50. The van der Waals surface area contributed by atoms with E-state index in [1.165, 1.54) is 15.3 Å². The molecule has 0 saturated carbocycles. The molecule has 1 saturated heterocycles. The van der Waals surface area contributed by atoms with Gasteiger partial charge in [-0.1, -0.05) is 6.92 Å². The van der Waals surface area contributed by atoms with Gasteiger partial charge >= 0.3 is 0 Å². The number of thiophene rings is 1. The lowest BCUT2D eigenvalue weighted by molar-refractivity contribution is 0.140. The summed E-state index contributed by atoms with van der Waals surface area (Å²) in [5, 5.41) is 3.40. The molecule has 4 heteroatoms. The molecule has 1 aromatic heterocycles. The van der Waals surface area contributed by atoms with E-state index in [1.807, 2.05) is 11.3 Å². The largest absolute Gasteiger partial charge is 0.380 e. The van der Waals surface area contributed by atoms with Crippen LogP contribution in [0.3, 0.4) is 0 Å². The SMILES string of the molecule is CCNCc1cc(CN2CCCOCC2)c(C)s1. The molecule has 3 nitrogen and oxygen atoms in total. The molecule has 18 heavy (non-hydrogen) atoms. The summed E-state index contributed by atoms with van der Waals surface area (Å²) in [5.74, 6) is 0. The Labute approximate surface area is 114 Å². The van der Waals surface area contributed by atoms with Crippen LogP contribution in [0.4, 0.5) is 0 Å². The Morgan fingerprint density at radius 2 is 2.28 bits per heavy atom. The molecule has 1 aliphatic rings. The van der Waals surface area contributed by atoms with Crippen LogP contribution in [-0.2, 0) is 17.8 Å². The third kappa shape index (κ3) is 4.05. The molecule has 1 aliphatic heterocycles. The summed E-state index contributed by atoms with van der Waals surface area (Å²) in [6.07, 6.45) is 1.16. The van der Waals surface area contributed by atoms with Gasteiger partial charge in [0, 0.05) is 42.5 Å². The first kappa shape index (κ1) is 14.0. The molecular weight excluding hydrogens is 244 g/mol. The van der Waals surface area contributed by atoms with Crippen LogP contribution in [0.2, 0.25) is 0 Å². The predicted molar refractivity (Wildman–Crippen MR) is 77.1 cm³/mol. The van der Waals surface area contributed by atoms with E-state index < -0.39 is 0 Å². The zero-order valence-corrected chi connectivity index (χ0v) is 12.3. The summed E-state index contributed by atoms with van der Waals surface area (Å²) in [6.45, 7) is 11.6. The molecule has 0 radical (unpaired) electrons. The van der Waals surface area contributed by atoms with Crippen molar-refractivity contribution in [1.82, 2.24) is 10.2 Å². The van der Waals surface area contributed by atoms with Gasteiger partial charge in [0.2, 0.25) is 0 Å². The van der Waals surface area contributed by atoms with Crippen molar-refractivity contribution in [2.24, 2.45) is 0 Å². The van der Waals surface area contributed by atoms with E-state index in [-0.39, 0.29) is 0 Å². The van der Waals surface area contributed by atoms with Gasteiger partial charge in [-0.15, -0.1) is 11.3 Å². The Hall–Kier alpha value is -0.420. The van der Waals surface area contributed by atoms with E-state index in [4.69, 9.17) is 4.74 Å². The maximum Gasteiger partial charge on any atom is 0.0593 e. The highest BCUT2D eigenvalue weighted by Crippen LogP contribution is 2.23. The molecule has 1 fully saturated rings. The van der Waals surface area contributed by atoms with Gasteiger partial charge in [-0.3, -0.25) is 4.90 Å². The zero-order chi connectivity index (χ0) is 12.8. The Bertz CT molecular complexity index is 357. The number of nitrogens with one attached hydrogen (secondary N) is 1. The first-order chi connectivity index (χ1) is 8.79. The fourth-order valence-corrected chi connectivity index (χ4v) is 3.30. The summed E-state index contributed by atoms with van der Waals surface area (Å²) < 4.78 is 5.50. The number of aryl methyl sites for hydroxylation is 1. The summed E-state index contributed by atoms with van der Waals surface area (Å²) in [5.41, 5.74) is 1.50. The lowest BCUT2D eigenvalue weighted by Crippen LogP contribution is -2.25. The molecule has 0 atom stereocenters. The minimum absolute atomic E-state index is 0.882. The van der Waals surface area contributed by atoms with Gasteiger partial charge in [0.15, 0.2) is 0 Å². The van der Waals surface area contributed by atoms with Crippen LogP contribution >= 0.6 is 11.3 Å². The predicted octanol–water partition coefficient (Wildman–Crippen LogP) is 2.39. The average molecular weight is 268 g/mol. The molecule has 0 amide bonds. The zero-order valence-electron chi connectivity index (χ0n) is 11.5. The highest BCUT2D eigenvalue weighted by molar-refractivity contribution is 7.12. The third-order valence-electron chi connectivity index (χ3n) is 3.33. The van der Waals surface area contributed by atoms with Crippen molar-refractivity contribution in [2.75, 3.05) is 32.8 Å². The van der Waals surface area contributed by atoms with Crippen LogP contribution in [0.25, 0.3) is 0 Å². The van der Waals surface area contributed by atoms with Crippen LogP contribution in [0.5, 0.6) is 0 Å². The first-order valence-electron chi connectivity index (χ1n) is 6.88. The van der Waals surface area contributed by atoms with Gasteiger partial charge in [0.1, 0.15) is 0 Å². The monoisotopic (exact) mass is 268 g/mol. The lowest BCUT2D eigenvalue weighted by atomic mass is 10.2. The Kier molecular flexibility index (Phi) is 5.63. The van der Waals surface area contributed by atoms with Gasteiger partial charge in [0.05, 0.1) is 6.61 Å². The van der Waals surface area contributed by atoms with Crippen LogP contribution in [0.15, 0.2) is 6.07 Å². The van der Waals surface area contributed by atoms with Gasteiger partial charge in [-0.25, -0.2) is 0 Å². The van der Waals surface area contributed by atoms with Crippen molar-refractivity contribution in [3.8, 4) is 0 Å². The normalized spacial score (nSPS) is 17.9. The fraction of sp³-hybridized carbons (Fsp3) is 0.714. The Balaban J connectivity index is 1.92. The van der Waals surface area contributed by atoms with E-state index in [0.29, 0.717) is 0 Å². The van der Waals surface area contributed by atoms with Crippen molar-refractivity contribution in [2.45, 2.75) is 33.4 Å². The smallest absolute Gasteiger partial charge is 0.0593 e.